The third kappa shape index (κ3) is 10.2. The van der Waals surface area contributed by atoms with Gasteiger partial charge in [-0.15, -0.1) is 29.7 Å². The molecule has 4 heterocycles. The van der Waals surface area contributed by atoms with Crippen LogP contribution >= 0.6 is 0 Å². The molecule has 15 rings (SSSR count). The summed E-state index contributed by atoms with van der Waals surface area (Å²) in [6.07, 6.45) is 6.00. The summed E-state index contributed by atoms with van der Waals surface area (Å²) in [5.41, 5.74) is 18.4. The van der Waals surface area contributed by atoms with E-state index in [1.807, 2.05) is 18.3 Å². The van der Waals surface area contributed by atoms with Gasteiger partial charge in [0.15, 0.2) is 8.07 Å². The predicted molar refractivity (Wildman–Crippen MR) is 375 cm³/mol. The van der Waals surface area contributed by atoms with Crippen molar-refractivity contribution in [3.05, 3.63) is 296 Å². The van der Waals surface area contributed by atoms with Gasteiger partial charge in [0.1, 0.15) is 5.82 Å². The van der Waals surface area contributed by atoms with E-state index in [2.05, 4.69) is 337 Å². The molecule has 0 bridgehead atoms. The summed E-state index contributed by atoms with van der Waals surface area (Å²) in [5, 5.41) is 7.48. The Morgan fingerprint density at radius 1 is 0.407 bits per heavy atom. The van der Waals surface area contributed by atoms with Crippen LogP contribution in [0.5, 0.6) is 11.5 Å². The number of fused-ring (bicyclic) bond motifs is 10. The quantitative estimate of drug-likeness (QED) is 0.0625. The summed E-state index contributed by atoms with van der Waals surface area (Å²) in [6, 6.07) is 102. The third-order valence-corrected chi connectivity index (χ3v) is 23.2. The maximum Gasteiger partial charge on any atom is 0.268 e. The zero-order valence-corrected chi connectivity index (χ0v) is 56.1. The number of aromatic nitrogens is 4. The molecule has 0 atom stereocenters. The summed E-state index contributed by atoms with van der Waals surface area (Å²) >= 11 is 0. The van der Waals surface area contributed by atoms with Crippen LogP contribution < -0.4 is 30.1 Å². The van der Waals surface area contributed by atoms with Gasteiger partial charge in [-0.2, -0.15) is 18.2 Å². The molecule has 91 heavy (non-hydrogen) atoms. The Morgan fingerprint density at radius 2 is 0.945 bits per heavy atom. The van der Waals surface area contributed by atoms with Gasteiger partial charge in [-0.1, -0.05) is 274 Å². The van der Waals surface area contributed by atoms with Crippen molar-refractivity contribution in [3.63, 3.8) is 0 Å². The van der Waals surface area contributed by atoms with Crippen molar-refractivity contribution in [2.24, 2.45) is 0 Å². The zero-order valence-electron chi connectivity index (χ0n) is 52.8. The Kier molecular flexibility index (Phi) is 14.8. The summed E-state index contributed by atoms with van der Waals surface area (Å²) in [6.45, 7) is 20.7. The Bertz CT molecular complexity index is 4970. The summed E-state index contributed by atoms with van der Waals surface area (Å²) in [5.74, 6) is 1.97. The molecule has 0 unspecified atom stereocenters. The van der Waals surface area contributed by atoms with E-state index in [4.69, 9.17) is 9.72 Å². The first-order chi connectivity index (χ1) is 43.5. The summed E-state index contributed by atoms with van der Waals surface area (Å²) in [4.78, 5) is 4.94. The topological polar surface area (TPSA) is 35.9 Å². The first-order valence-electron chi connectivity index (χ1n) is 31.4. The van der Waals surface area contributed by atoms with E-state index in [0.717, 1.165) is 89.0 Å². The molecule has 0 N–H and O–H groups in total. The predicted octanol–water partition coefficient (Wildman–Crippen LogP) is 17.8. The van der Waals surface area contributed by atoms with Crippen LogP contribution in [0.15, 0.2) is 261 Å². The third-order valence-electron chi connectivity index (χ3n) is 18.4. The molecule has 0 saturated carbocycles. The molecule has 14 aromatic rings. The van der Waals surface area contributed by atoms with Gasteiger partial charge in [-0.3, -0.25) is 4.57 Å². The summed E-state index contributed by atoms with van der Waals surface area (Å²) < 4.78 is 13.7. The van der Waals surface area contributed by atoms with Crippen LogP contribution in [0.1, 0.15) is 79.0 Å². The Morgan fingerprint density at radius 3 is 1.60 bits per heavy atom. The minimum Gasteiger partial charge on any atom is -0.510 e. The Hall–Kier alpha value is -9.45. The van der Waals surface area contributed by atoms with E-state index in [-0.39, 0.29) is 37.3 Å². The van der Waals surface area contributed by atoms with E-state index in [9.17, 15) is 0 Å². The first-order valence-corrected chi connectivity index (χ1v) is 33.4. The summed E-state index contributed by atoms with van der Waals surface area (Å²) in [7, 11) is -3.02. The van der Waals surface area contributed by atoms with Crippen molar-refractivity contribution in [3.8, 4) is 73.2 Å². The van der Waals surface area contributed by atoms with Gasteiger partial charge in [0.25, 0.3) is 6.33 Å². The number of nitrogens with zero attached hydrogens (tertiary/aromatic N) is 4. The fraction of sp³-hybridized carbons (Fsp3) is 0.143. The SMILES string of the molecule is CC(C)(C)c1cc(-c2cccc3c2-[n+]2[c-]n(-c4[c-]c(Oc5[c-]c6c(cc5)c5ccccc5n6-c5cc(C(C)(C)C)ccn5)ccc4)c4cccc(c42)-c2ccccc2-c2ccc([Si](c4ccccc4)(c4ccccc4)c4ccccc4)cc2-3)cc(C(C)(C)C)c1.[Pt]. The van der Waals surface area contributed by atoms with Crippen molar-refractivity contribution in [2.75, 3.05) is 0 Å². The fourth-order valence-corrected chi connectivity index (χ4v) is 18.5. The molecule has 7 heteroatoms. The first kappa shape index (κ1) is 59.2. The number of rotatable bonds is 9. The molecule has 0 spiro atoms. The van der Waals surface area contributed by atoms with E-state index in [0.29, 0.717) is 11.5 Å². The number of pyridine rings is 1. The Balaban J connectivity index is 0.00000721. The van der Waals surface area contributed by atoms with E-state index < -0.39 is 8.07 Å². The van der Waals surface area contributed by atoms with Gasteiger partial charge >= 0.3 is 0 Å². The monoisotopic (exact) mass is 1370 g/mol. The molecule has 11 aromatic carbocycles. The molecule has 1 aliphatic rings. The smallest absolute Gasteiger partial charge is 0.268 e. The van der Waals surface area contributed by atoms with Crippen LogP contribution in [0.3, 0.4) is 0 Å². The molecule has 448 valence electrons. The second-order valence-corrected chi connectivity index (χ2v) is 31.0. The molecule has 0 amide bonds. The van der Waals surface area contributed by atoms with Gasteiger partial charge in [-0.25, -0.2) is 4.98 Å². The standard InChI is InChI=1S/C84H70N4OSi.Pt/c1-82(2,3)57-46-47-85-79(51-57)88-76-40-22-21-36-71(76)72-44-42-62(53-78(72)88)89-61-27-23-26-60(52-61)86-55-87-80-67(56-48-58(83(4,5)6)50-59(49-56)84(7,8)9)37-24-38-74(80)75-54-66(43-45-70(75)68-34-19-20-35-69(68)73-39-25-41-77(86)81(73)87)90(63-28-13-10-14-29-63,64-30-15-11-16-31-64)65-32-17-12-18-33-65;/h10-51,54H,1-9H3;/q-2;. The van der Waals surface area contributed by atoms with Gasteiger partial charge < -0.3 is 13.9 Å². The van der Waals surface area contributed by atoms with Crippen molar-refractivity contribution < 1.29 is 30.4 Å². The molecular formula is C84H70N4OPtSi-2. The average molecular weight is 1370 g/mol. The van der Waals surface area contributed by atoms with E-state index >= 15 is 0 Å². The zero-order chi connectivity index (χ0) is 61.7. The second-order valence-electron chi connectivity index (χ2n) is 27.2. The maximum absolute atomic E-state index is 6.91. The molecule has 0 radical (unpaired) electrons. The molecule has 0 aliphatic carbocycles. The van der Waals surface area contributed by atoms with Gasteiger partial charge in [-0.05, 0) is 127 Å². The van der Waals surface area contributed by atoms with Crippen LogP contribution in [-0.4, -0.2) is 22.2 Å². The van der Waals surface area contributed by atoms with Crippen LogP contribution in [0.25, 0.3) is 94.5 Å². The molecule has 5 nitrogen and oxygen atoms in total. The number of benzene rings is 11. The number of hydrogen-bond acceptors (Lipinski definition) is 2. The second kappa shape index (κ2) is 22.8. The molecular weight excluding hydrogens is 1300 g/mol. The number of ether oxygens (including phenoxy) is 1. The number of hydrogen-bond donors (Lipinski definition) is 0. The van der Waals surface area contributed by atoms with Crippen LogP contribution in [-0.2, 0) is 37.3 Å². The van der Waals surface area contributed by atoms with Crippen molar-refractivity contribution in [1.29, 1.82) is 0 Å². The van der Waals surface area contributed by atoms with Crippen LogP contribution in [0.2, 0.25) is 0 Å². The fourth-order valence-electron chi connectivity index (χ4n) is 13.8. The minimum atomic E-state index is -3.02. The van der Waals surface area contributed by atoms with Crippen molar-refractivity contribution in [1.82, 2.24) is 14.1 Å². The molecule has 3 aromatic heterocycles. The molecule has 0 saturated heterocycles. The largest absolute Gasteiger partial charge is 0.510 e. The normalized spacial score (nSPS) is 12.4. The Labute approximate surface area is 550 Å². The number of imidazole rings is 1. The van der Waals surface area contributed by atoms with E-state index in [1.165, 1.54) is 43.0 Å². The van der Waals surface area contributed by atoms with Gasteiger partial charge in [0.2, 0.25) is 0 Å². The van der Waals surface area contributed by atoms with Crippen molar-refractivity contribution >= 4 is 61.7 Å². The van der Waals surface area contributed by atoms with Gasteiger partial charge in [0, 0.05) is 44.3 Å². The van der Waals surface area contributed by atoms with E-state index in [1.54, 1.807) is 0 Å². The average Bonchev–Trinajstić information content (AvgIpc) is 1.72. The van der Waals surface area contributed by atoms with Crippen molar-refractivity contribution in [2.45, 2.75) is 78.6 Å². The minimum absolute atomic E-state index is 0. The molecule has 1 aliphatic heterocycles. The molecule has 0 fully saturated rings. The van der Waals surface area contributed by atoms with Crippen LogP contribution in [0.4, 0.5) is 0 Å². The number of para-hydroxylation sites is 3. The van der Waals surface area contributed by atoms with Gasteiger partial charge in [0.05, 0.1) is 16.7 Å². The maximum atomic E-state index is 6.91. The van der Waals surface area contributed by atoms with Crippen LogP contribution in [0, 0.1) is 18.5 Å².